The summed E-state index contributed by atoms with van der Waals surface area (Å²) >= 11 is 0. The van der Waals surface area contributed by atoms with Crippen LogP contribution in [0.5, 0.6) is 0 Å². The Bertz CT molecular complexity index is 974. The predicted octanol–water partition coefficient (Wildman–Crippen LogP) is 6.13. The lowest BCUT2D eigenvalue weighted by atomic mass is 10.0. The molecule has 4 aromatic rings. The number of hydrogen-bond acceptors (Lipinski definition) is 0. The lowest BCUT2D eigenvalue weighted by molar-refractivity contribution is 1.01. The first kappa shape index (κ1) is 14.6. The fraction of sp³-hybridized carbons (Fsp3) is 0.238. The molecular formula is C21H23N. The number of aromatic nitrogens is 1. The summed E-state index contributed by atoms with van der Waals surface area (Å²) in [6.45, 7) is 8.30. The summed E-state index contributed by atoms with van der Waals surface area (Å²) in [6, 6.07) is 18.0. The van der Waals surface area contributed by atoms with Gasteiger partial charge in [0, 0.05) is 28.9 Å². The molecule has 0 bridgehead atoms. The summed E-state index contributed by atoms with van der Waals surface area (Å²) in [5.41, 5.74) is 5.24. The van der Waals surface area contributed by atoms with Crippen LogP contribution >= 0.6 is 0 Å². The van der Waals surface area contributed by atoms with Crippen molar-refractivity contribution in [1.82, 2.24) is 4.57 Å². The molecule has 112 valence electrons. The molecule has 0 saturated carbocycles. The van der Waals surface area contributed by atoms with Gasteiger partial charge in [-0.25, -0.2) is 0 Å². The minimum Gasteiger partial charge on any atom is -0.344 e. The Kier molecular flexibility index (Phi) is 3.66. The third-order valence-electron chi connectivity index (χ3n) is 4.28. The van der Waals surface area contributed by atoms with Crippen LogP contribution in [0, 0.1) is 13.8 Å². The second kappa shape index (κ2) is 5.49. The standard InChI is InChI=1S/C19H17N.C2H6/c1-12-4-6-14-10-17-16-7-5-13(2)9-18(16)20(3)19(17)11-15(14)8-12;1-2/h4-11H,1-3H3;1-2H3. The van der Waals surface area contributed by atoms with Crippen LogP contribution in [0.25, 0.3) is 32.6 Å². The molecule has 1 nitrogen and oxygen atoms in total. The lowest BCUT2D eigenvalue weighted by Crippen LogP contribution is -1.87. The molecule has 0 amide bonds. The van der Waals surface area contributed by atoms with E-state index < -0.39 is 0 Å². The first-order valence-corrected chi connectivity index (χ1v) is 8.03. The quantitative estimate of drug-likeness (QED) is 0.367. The largest absolute Gasteiger partial charge is 0.344 e. The number of hydrogen-bond donors (Lipinski definition) is 0. The molecule has 22 heavy (non-hydrogen) atoms. The van der Waals surface area contributed by atoms with Crippen molar-refractivity contribution in [3.63, 3.8) is 0 Å². The molecule has 1 aromatic heterocycles. The van der Waals surface area contributed by atoms with Crippen molar-refractivity contribution in [3.05, 3.63) is 59.7 Å². The summed E-state index contributed by atoms with van der Waals surface area (Å²) in [5.74, 6) is 0. The van der Waals surface area contributed by atoms with Gasteiger partial charge in [0.05, 0.1) is 0 Å². The molecule has 0 aliphatic carbocycles. The van der Waals surface area contributed by atoms with E-state index in [1.54, 1.807) is 0 Å². The van der Waals surface area contributed by atoms with Crippen LogP contribution in [-0.4, -0.2) is 4.57 Å². The maximum Gasteiger partial charge on any atom is 0.0495 e. The van der Waals surface area contributed by atoms with E-state index in [0.717, 1.165) is 0 Å². The maximum atomic E-state index is 2.32. The normalized spacial score (nSPS) is 11.0. The zero-order valence-electron chi connectivity index (χ0n) is 14.1. The van der Waals surface area contributed by atoms with Crippen molar-refractivity contribution in [2.45, 2.75) is 27.7 Å². The van der Waals surface area contributed by atoms with E-state index >= 15 is 0 Å². The monoisotopic (exact) mass is 289 g/mol. The van der Waals surface area contributed by atoms with Crippen LogP contribution in [-0.2, 0) is 7.05 Å². The second-order valence-electron chi connectivity index (χ2n) is 5.80. The Balaban J connectivity index is 0.000000693. The summed E-state index contributed by atoms with van der Waals surface area (Å²) < 4.78 is 2.30. The van der Waals surface area contributed by atoms with Gasteiger partial charge < -0.3 is 4.57 Å². The number of benzene rings is 3. The molecule has 0 spiro atoms. The molecule has 4 rings (SSSR count). The van der Waals surface area contributed by atoms with Gasteiger partial charge in [0.15, 0.2) is 0 Å². The van der Waals surface area contributed by atoms with E-state index in [1.807, 2.05) is 13.8 Å². The SMILES string of the molecule is CC.Cc1ccc2cc3c4ccc(C)cc4n(C)c3cc2c1. The molecule has 0 unspecified atom stereocenters. The Morgan fingerprint density at radius 1 is 0.636 bits per heavy atom. The molecule has 0 aliphatic heterocycles. The van der Waals surface area contributed by atoms with Crippen LogP contribution in [0.4, 0.5) is 0 Å². The Labute approximate surface area is 132 Å². The maximum absolute atomic E-state index is 2.32. The van der Waals surface area contributed by atoms with E-state index in [4.69, 9.17) is 0 Å². The average molecular weight is 289 g/mol. The summed E-state index contributed by atoms with van der Waals surface area (Å²) in [6.07, 6.45) is 0. The van der Waals surface area contributed by atoms with Gasteiger partial charge in [0.2, 0.25) is 0 Å². The van der Waals surface area contributed by atoms with Crippen LogP contribution in [0.1, 0.15) is 25.0 Å². The van der Waals surface area contributed by atoms with E-state index in [1.165, 1.54) is 43.7 Å². The highest BCUT2D eigenvalue weighted by atomic mass is 14.9. The molecule has 0 aliphatic rings. The third kappa shape index (κ3) is 2.18. The first-order valence-electron chi connectivity index (χ1n) is 8.03. The molecule has 1 heteroatoms. The summed E-state index contributed by atoms with van der Waals surface area (Å²) in [4.78, 5) is 0. The van der Waals surface area contributed by atoms with Gasteiger partial charge in [-0.05, 0) is 48.4 Å². The highest BCUT2D eigenvalue weighted by molar-refractivity contribution is 6.12. The van der Waals surface area contributed by atoms with Crippen molar-refractivity contribution >= 4 is 32.6 Å². The highest BCUT2D eigenvalue weighted by Crippen LogP contribution is 2.32. The molecule has 0 fully saturated rings. The molecule has 0 radical (unpaired) electrons. The molecule has 1 heterocycles. The number of rotatable bonds is 0. The van der Waals surface area contributed by atoms with Crippen molar-refractivity contribution < 1.29 is 0 Å². The third-order valence-corrected chi connectivity index (χ3v) is 4.28. The molecular weight excluding hydrogens is 266 g/mol. The lowest BCUT2D eigenvalue weighted by Gasteiger charge is -2.02. The van der Waals surface area contributed by atoms with E-state index in [9.17, 15) is 0 Å². The van der Waals surface area contributed by atoms with Gasteiger partial charge in [-0.3, -0.25) is 0 Å². The fourth-order valence-corrected chi connectivity index (χ4v) is 3.18. The average Bonchev–Trinajstić information content (AvgIpc) is 2.79. The number of nitrogens with zero attached hydrogens (tertiary/aromatic N) is 1. The summed E-state index contributed by atoms with van der Waals surface area (Å²) in [7, 11) is 2.16. The zero-order chi connectivity index (χ0) is 15.9. The first-order chi connectivity index (χ1) is 10.6. The van der Waals surface area contributed by atoms with E-state index in [2.05, 4.69) is 74.0 Å². The van der Waals surface area contributed by atoms with Crippen molar-refractivity contribution in [1.29, 1.82) is 0 Å². The summed E-state index contributed by atoms with van der Waals surface area (Å²) in [5, 5.41) is 5.32. The Morgan fingerprint density at radius 2 is 1.27 bits per heavy atom. The predicted molar refractivity (Wildman–Crippen MR) is 98.8 cm³/mol. The van der Waals surface area contributed by atoms with E-state index in [-0.39, 0.29) is 0 Å². The van der Waals surface area contributed by atoms with Gasteiger partial charge in [0.1, 0.15) is 0 Å². The van der Waals surface area contributed by atoms with Crippen LogP contribution < -0.4 is 0 Å². The van der Waals surface area contributed by atoms with E-state index in [0.29, 0.717) is 0 Å². The topological polar surface area (TPSA) is 4.93 Å². The van der Waals surface area contributed by atoms with Crippen molar-refractivity contribution in [3.8, 4) is 0 Å². The van der Waals surface area contributed by atoms with Crippen molar-refractivity contribution in [2.75, 3.05) is 0 Å². The Morgan fingerprint density at radius 3 is 2.05 bits per heavy atom. The van der Waals surface area contributed by atoms with Crippen molar-refractivity contribution in [2.24, 2.45) is 7.05 Å². The molecule has 0 saturated heterocycles. The van der Waals surface area contributed by atoms with Gasteiger partial charge in [-0.15, -0.1) is 0 Å². The number of aryl methyl sites for hydroxylation is 3. The second-order valence-corrected chi connectivity index (χ2v) is 5.80. The minimum atomic E-state index is 1.31. The zero-order valence-corrected chi connectivity index (χ0v) is 14.1. The van der Waals surface area contributed by atoms with Gasteiger partial charge in [0.25, 0.3) is 0 Å². The van der Waals surface area contributed by atoms with Crippen LogP contribution in [0.15, 0.2) is 48.5 Å². The van der Waals surface area contributed by atoms with Gasteiger partial charge in [-0.1, -0.05) is 49.7 Å². The van der Waals surface area contributed by atoms with Crippen LogP contribution in [0.2, 0.25) is 0 Å². The molecule has 3 aromatic carbocycles. The van der Waals surface area contributed by atoms with Gasteiger partial charge >= 0.3 is 0 Å². The van der Waals surface area contributed by atoms with Gasteiger partial charge in [-0.2, -0.15) is 0 Å². The fourth-order valence-electron chi connectivity index (χ4n) is 3.18. The minimum absolute atomic E-state index is 1.31. The Hall–Kier alpha value is -2.28. The smallest absolute Gasteiger partial charge is 0.0495 e. The molecule has 0 N–H and O–H groups in total. The van der Waals surface area contributed by atoms with Crippen LogP contribution in [0.3, 0.4) is 0 Å². The highest BCUT2D eigenvalue weighted by Gasteiger charge is 2.09. The molecule has 0 atom stereocenters. The number of fused-ring (bicyclic) bond motifs is 4.